The lowest BCUT2D eigenvalue weighted by Crippen LogP contribution is -2.44. The van der Waals surface area contributed by atoms with E-state index < -0.39 is 5.41 Å². The molecular weight excluding hydrogens is 412 g/mol. The average molecular weight is 467 g/mol. The number of hydrogen-bond donors (Lipinski definition) is 0. The summed E-state index contributed by atoms with van der Waals surface area (Å²) in [5.41, 5.74) is -0.727. The predicted octanol–water partition coefficient (Wildman–Crippen LogP) is 8.55. The van der Waals surface area contributed by atoms with E-state index >= 15 is 0 Å². The van der Waals surface area contributed by atoms with Crippen molar-refractivity contribution in [1.29, 1.82) is 0 Å². The Morgan fingerprint density at radius 3 is 1.64 bits per heavy atom. The van der Waals surface area contributed by atoms with Gasteiger partial charge in [-0.25, -0.2) is 0 Å². The van der Waals surface area contributed by atoms with E-state index in [1.165, 1.54) is 77.0 Å². The lowest BCUT2D eigenvalue weighted by atomic mass is 9.67. The molecule has 0 saturated heterocycles. The first-order valence-electron chi connectivity index (χ1n) is 14.4. The summed E-state index contributed by atoms with van der Waals surface area (Å²) in [7, 11) is 0. The zero-order chi connectivity index (χ0) is 24.2. The SMILES string of the molecule is CCCCCCCCCCOC(=O)C1CCCCC1(C)C(=O)OCCCCCCCCCC. The highest BCUT2D eigenvalue weighted by Crippen LogP contribution is 2.43. The first-order valence-corrected chi connectivity index (χ1v) is 14.4. The van der Waals surface area contributed by atoms with Crippen LogP contribution in [0.15, 0.2) is 0 Å². The number of ether oxygens (including phenoxy) is 2. The number of carbonyl (C=O) groups is 2. The van der Waals surface area contributed by atoms with Crippen molar-refractivity contribution in [2.45, 2.75) is 149 Å². The maximum absolute atomic E-state index is 12.9. The van der Waals surface area contributed by atoms with Crippen LogP contribution in [0.5, 0.6) is 0 Å². The molecule has 0 N–H and O–H groups in total. The minimum Gasteiger partial charge on any atom is -0.465 e. The number of hydrogen-bond acceptors (Lipinski definition) is 4. The van der Waals surface area contributed by atoms with Gasteiger partial charge in [0.1, 0.15) is 0 Å². The van der Waals surface area contributed by atoms with Crippen LogP contribution >= 0.6 is 0 Å². The molecule has 4 heteroatoms. The Hall–Kier alpha value is -1.06. The number of rotatable bonds is 20. The molecule has 1 aliphatic carbocycles. The van der Waals surface area contributed by atoms with E-state index in [1.54, 1.807) is 0 Å². The quantitative estimate of drug-likeness (QED) is 0.133. The van der Waals surface area contributed by atoms with Crippen LogP contribution in [0.25, 0.3) is 0 Å². The fourth-order valence-electron chi connectivity index (χ4n) is 5.03. The second kappa shape index (κ2) is 19.3. The summed E-state index contributed by atoms with van der Waals surface area (Å²) >= 11 is 0. The fraction of sp³-hybridized carbons (Fsp3) is 0.931. The van der Waals surface area contributed by atoms with Gasteiger partial charge < -0.3 is 9.47 Å². The molecule has 1 rings (SSSR count). The molecule has 1 saturated carbocycles. The Bertz CT molecular complexity index is 504. The molecule has 0 aromatic rings. The van der Waals surface area contributed by atoms with Gasteiger partial charge in [-0.15, -0.1) is 0 Å². The van der Waals surface area contributed by atoms with Gasteiger partial charge in [0.05, 0.1) is 24.5 Å². The first kappa shape index (κ1) is 30.0. The Morgan fingerprint density at radius 2 is 1.12 bits per heavy atom. The molecule has 194 valence electrons. The lowest BCUT2D eigenvalue weighted by molar-refractivity contribution is -0.172. The molecule has 33 heavy (non-hydrogen) atoms. The van der Waals surface area contributed by atoms with Gasteiger partial charge in [0.25, 0.3) is 0 Å². The van der Waals surface area contributed by atoms with Crippen LogP contribution in [0, 0.1) is 11.3 Å². The molecule has 0 aromatic heterocycles. The monoisotopic (exact) mass is 466 g/mol. The summed E-state index contributed by atoms with van der Waals surface area (Å²) in [6.45, 7) is 7.35. The van der Waals surface area contributed by atoms with Crippen molar-refractivity contribution in [3.63, 3.8) is 0 Å². The Labute approximate surface area is 205 Å². The zero-order valence-electron chi connectivity index (χ0n) is 22.3. The van der Waals surface area contributed by atoms with Crippen LogP contribution in [0.4, 0.5) is 0 Å². The lowest BCUT2D eigenvalue weighted by Gasteiger charge is -2.37. The van der Waals surface area contributed by atoms with Crippen LogP contribution in [0.1, 0.15) is 149 Å². The van der Waals surface area contributed by atoms with E-state index in [0.717, 1.165) is 51.4 Å². The van der Waals surface area contributed by atoms with Crippen LogP contribution in [-0.2, 0) is 19.1 Å². The third-order valence-electron chi connectivity index (χ3n) is 7.43. The van der Waals surface area contributed by atoms with Gasteiger partial charge in [-0.1, -0.05) is 117 Å². The smallest absolute Gasteiger partial charge is 0.312 e. The average Bonchev–Trinajstić information content (AvgIpc) is 2.82. The fourth-order valence-corrected chi connectivity index (χ4v) is 5.03. The van der Waals surface area contributed by atoms with Gasteiger partial charge >= 0.3 is 11.9 Å². The Morgan fingerprint density at radius 1 is 0.667 bits per heavy atom. The predicted molar refractivity (Wildman–Crippen MR) is 137 cm³/mol. The third kappa shape index (κ3) is 12.8. The Kier molecular flexibility index (Phi) is 17.5. The van der Waals surface area contributed by atoms with E-state index in [-0.39, 0.29) is 17.9 Å². The van der Waals surface area contributed by atoms with Crippen molar-refractivity contribution in [1.82, 2.24) is 0 Å². The number of carbonyl (C=O) groups excluding carboxylic acids is 2. The van der Waals surface area contributed by atoms with Crippen LogP contribution < -0.4 is 0 Å². The van der Waals surface area contributed by atoms with Gasteiger partial charge in [0.15, 0.2) is 0 Å². The highest BCUT2D eigenvalue weighted by molar-refractivity contribution is 5.85. The van der Waals surface area contributed by atoms with E-state index in [0.29, 0.717) is 13.2 Å². The maximum Gasteiger partial charge on any atom is 0.312 e. The van der Waals surface area contributed by atoms with Crippen molar-refractivity contribution >= 4 is 11.9 Å². The summed E-state index contributed by atoms with van der Waals surface area (Å²) < 4.78 is 11.3. The Balaban J connectivity index is 2.25. The minimum absolute atomic E-state index is 0.191. The van der Waals surface area contributed by atoms with E-state index in [4.69, 9.17) is 9.47 Å². The molecule has 0 spiro atoms. The van der Waals surface area contributed by atoms with Crippen molar-refractivity contribution in [3.8, 4) is 0 Å². The summed E-state index contributed by atoms with van der Waals surface area (Å²) in [4.78, 5) is 25.8. The molecule has 0 bridgehead atoms. The maximum atomic E-state index is 12.9. The molecule has 0 amide bonds. The molecule has 0 heterocycles. The molecular formula is C29H54O4. The summed E-state index contributed by atoms with van der Waals surface area (Å²) in [6.07, 6.45) is 23.0. The molecule has 4 nitrogen and oxygen atoms in total. The molecule has 2 atom stereocenters. The van der Waals surface area contributed by atoms with Gasteiger partial charge in [-0.05, 0) is 32.6 Å². The van der Waals surface area contributed by atoms with Crippen molar-refractivity contribution < 1.29 is 19.1 Å². The van der Waals surface area contributed by atoms with Crippen LogP contribution in [-0.4, -0.2) is 25.2 Å². The normalized spacial score (nSPS) is 20.5. The molecule has 0 aromatic carbocycles. The molecule has 2 unspecified atom stereocenters. The van der Waals surface area contributed by atoms with Gasteiger partial charge in [-0.2, -0.15) is 0 Å². The standard InChI is InChI=1S/C29H54O4/c1-4-6-8-10-12-14-16-20-24-32-27(30)26-22-18-19-23-29(26,3)28(31)33-25-21-17-15-13-11-9-7-5-2/h26H,4-25H2,1-3H3. The summed E-state index contributed by atoms with van der Waals surface area (Å²) in [5, 5.41) is 0. The van der Waals surface area contributed by atoms with Crippen LogP contribution in [0.3, 0.4) is 0 Å². The van der Waals surface area contributed by atoms with E-state index in [9.17, 15) is 9.59 Å². The second-order valence-corrected chi connectivity index (χ2v) is 10.5. The zero-order valence-corrected chi connectivity index (χ0v) is 22.3. The van der Waals surface area contributed by atoms with E-state index in [1.807, 2.05) is 6.92 Å². The molecule has 1 aliphatic rings. The number of esters is 2. The second-order valence-electron chi connectivity index (χ2n) is 10.5. The van der Waals surface area contributed by atoms with Gasteiger partial charge in [0, 0.05) is 0 Å². The van der Waals surface area contributed by atoms with Gasteiger partial charge in [0.2, 0.25) is 0 Å². The summed E-state index contributed by atoms with van der Waals surface area (Å²) in [6, 6.07) is 0. The van der Waals surface area contributed by atoms with Crippen molar-refractivity contribution in [2.75, 3.05) is 13.2 Å². The first-order chi connectivity index (χ1) is 16.1. The van der Waals surface area contributed by atoms with Crippen molar-refractivity contribution in [3.05, 3.63) is 0 Å². The van der Waals surface area contributed by atoms with E-state index in [2.05, 4.69) is 13.8 Å². The van der Waals surface area contributed by atoms with Crippen molar-refractivity contribution in [2.24, 2.45) is 11.3 Å². The molecule has 0 aliphatic heterocycles. The minimum atomic E-state index is -0.727. The summed E-state index contributed by atoms with van der Waals surface area (Å²) in [5.74, 6) is -0.741. The van der Waals surface area contributed by atoms with Gasteiger partial charge in [-0.3, -0.25) is 9.59 Å². The highest BCUT2D eigenvalue weighted by Gasteiger charge is 2.48. The number of unbranched alkanes of at least 4 members (excludes halogenated alkanes) is 14. The highest BCUT2D eigenvalue weighted by atomic mass is 16.5. The molecule has 1 fully saturated rings. The van der Waals surface area contributed by atoms with Crippen LogP contribution in [0.2, 0.25) is 0 Å². The largest absolute Gasteiger partial charge is 0.465 e. The topological polar surface area (TPSA) is 52.6 Å². The molecule has 0 radical (unpaired) electrons. The third-order valence-corrected chi connectivity index (χ3v) is 7.43.